The summed E-state index contributed by atoms with van der Waals surface area (Å²) < 4.78 is 5.42. The molecular weight excluding hydrogens is 238 g/mol. The van der Waals surface area contributed by atoms with Crippen LogP contribution in [0.25, 0.3) is 0 Å². The highest BCUT2D eigenvalue weighted by molar-refractivity contribution is 5.43. The van der Waals surface area contributed by atoms with Crippen molar-refractivity contribution >= 4 is 5.82 Å². The molecule has 1 saturated heterocycles. The summed E-state index contributed by atoms with van der Waals surface area (Å²) in [5.74, 6) is 1.08. The molecule has 4 heteroatoms. The number of methoxy groups -OCH3 is 1. The topological polar surface area (TPSA) is 51.4 Å². The van der Waals surface area contributed by atoms with E-state index in [4.69, 9.17) is 15.5 Å². The second-order valence-corrected chi connectivity index (χ2v) is 5.20. The van der Waals surface area contributed by atoms with Crippen LogP contribution in [0.2, 0.25) is 0 Å². The maximum atomic E-state index is 5.79. The predicted octanol–water partition coefficient (Wildman–Crippen LogP) is 2.11. The molecular formula is C15H25N3O. The van der Waals surface area contributed by atoms with Gasteiger partial charge in [0.25, 0.3) is 0 Å². The van der Waals surface area contributed by atoms with Crippen LogP contribution in [0.5, 0.6) is 0 Å². The molecule has 0 radical (unpaired) electrons. The van der Waals surface area contributed by atoms with Crippen molar-refractivity contribution in [3.63, 3.8) is 0 Å². The molecule has 19 heavy (non-hydrogen) atoms. The Labute approximate surface area is 116 Å². The van der Waals surface area contributed by atoms with Crippen molar-refractivity contribution < 1.29 is 4.74 Å². The van der Waals surface area contributed by atoms with Gasteiger partial charge >= 0.3 is 0 Å². The Morgan fingerprint density at radius 1 is 1.37 bits per heavy atom. The zero-order chi connectivity index (χ0) is 13.7. The van der Waals surface area contributed by atoms with Gasteiger partial charge in [0.15, 0.2) is 0 Å². The van der Waals surface area contributed by atoms with Crippen LogP contribution in [0, 0.1) is 0 Å². The first-order valence-electron chi connectivity index (χ1n) is 7.24. The number of hydrogen-bond acceptors (Lipinski definition) is 4. The van der Waals surface area contributed by atoms with Gasteiger partial charge in [0, 0.05) is 32.4 Å². The van der Waals surface area contributed by atoms with Crippen molar-refractivity contribution in [1.29, 1.82) is 0 Å². The molecule has 0 amide bonds. The van der Waals surface area contributed by atoms with Crippen LogP contribution >= 0.6 is 0 Å². The van der Waals surface area contributed by atoms with Gasteiger partial charge in [0.2, 0.25) is 0 Å². The van der Waals surface area contributed by atoms with Gasteiger partial charge in [-0.3, -0.25) is 0 Å². The Morgan fingerprint density at radius 2 is 2.11 bits per heavy atom. The highest BCUT2D eigenvalue weighted by atomic mass is 16.5. The molecule has 0 spiro atoms. The lowest BCUT2D eigenvalue weighted by Crippen LogP contribution is -2.37. The van der Waals surface area contributed by atoms with Crippen LogP contribution in [0.1, 0.15) is 37.4 Å². The molecule has 0 atom stereocenters. The van der Waals surface area contributed by atoms with E-state index < -0.39 is 0 Å². The first kappa shape index (κ1) is 14.3. The summed E-state index contributed by atoms with van der Waals surface area (Å²) in [7, 11) is 1.80. The number of rotatable bonds is 5. The number of nitrogens with zero attached hydrogens (tertiary/aromatic N) is 2. The van der Waals surface area contributed by atoms with E-state index in [-0.39, 0.29) is 0 Å². The van der Waals surface area contributed by atoms with Crippen LogP contribution in [-0.2, 0) is 17.7 Å². The zero-order valence-corrected chi connectivity index (χ0v) is 12.1. The van der Waals surface area contributed by atoms with Gasteiger partial charge in [-0.25, -0.2) is 4.98 Å². The summed E-state index contributed by atoms with van der Waals surface area (Å²) in [5.41, 5.74) is 8.13. The highest BCUT2D eigenvalue weighted by Crippen LogP contribution is 2.21. The number of hydrogen-bond donors (Lipinski definition) is 1. The summed E-state index contributed by atoms with van der Waals surface area (Å²) in [5, 5.41) is 0. The van der Waals surface area contributed by atoms with E-state index in [1.54, 1.807) is 7.11 Å². The molecule has 2 rings (SSSR count). The Morgan fingerprint density at radius 3 is 2.68 bits per heavy atom. The molecule has 1 aromatic heterocycles. The fourth-order valence-electron chi connectivity index (χ4n) is 2.62. The minimum absolute atomic E-state index is 0.407. The third kappa shape index (κ3) is 3.67. The Balaban J connectivity index is 2.12. The normalized spacial score (nSPS) is 16.9. The number of ether oxygens (including phenoxy) is 1. The molecule has 0 saturated carbocycles. The van der Waals surface area contributed by atoms with E-state index in [9.17, 15) is 0 Å². The molecule has 1 fully saturated rings. The molecule has 1 aliphatic heterocycles. The summed E-state index contributed by atoms with van der Waals surface area (Å²) in [4.78, 5) is 7.13. The van der Waals surface area contributed by atoms with Gasteiger partial charge in [-0.15, -0.1) is 0 Å². The Kier molecular flexibility index (Phi) is 5.16. The van der Waals surface area contributed by atoms with Gasteiger partial charge < -0.3 is 15.4 Å². The fourth-order valence-corrected chi connectivity index (χ4v) is 2.62. The Bertz CT molecular complexity index is 400. The summed E-state index contributed by atoms with van der Waals surface area (Å²) >= 11 is 0. The maximum Gasteiger partial charge on any atom is 0.129 e. The first-order chi connectivity index (χ1) is 9.26. The van der Waals surface area contributed by atoms with Crippen LogP contribution in [0.3, 0.4) is 0 Å². The number of aryl methyl sites for hydroxylation is 1. The monoisotopic (exact) mass is 263 g/mol. The zero-order valence-electron chi connectivity index (χ0n) is 12.1. The fraction of sp³-hybridized carbons (Fsp3) is 0.667. The molecule has 1 aliphatic rings. The standard InChI is InChI=1S/C15H25N3O/c1-3-4-13-9-12(11-16)10-15(17-13)18-7-5-14(19-2)6-8-18/h9-10,14H,3-8,11,16H2,1-2H3. The summed E-state index contributed by atoms with van der Waals surface area (Å²) in [6.07, 6.45) is 4.70. The minimum atomic E-state index is 0.407. The van der Waals surface area contributed by atoms with Crippen molar-refractivity contribution in [2.24, 2.45) is 5.73 Å². The number of piperidine rings is 1. The van der Waals surface area contributed by atoms with Gasteiger partial charge in [-0.2, -0.15) is 0 Å². The average molecular weight is 263 g/mol. The lowest BCUT2D eigenvalue weighted by atomic mass is 10.1. The van der Waals surface area contributed by atoms with Gasteiger partial charge in [0.1, 0.15) is 5.82 Å². The van der Waals surface area contributed by atoms with Crippen molar-refractivity contribution in [2.45, 2.75) is 45.3 Å². The van der Waals surface area contributed by atoms with Crippen LogP contribution in [0.15, 0.2) is 12.1 Å². The second-order valence-electron chi connectivity index (χ2n) is 5.20. The molecule has 106 valence electrons. The van der Waals surface area contributed by atoms with Gasteiger partial charge in [0.05, 0.1) is 6.10 Å². The van der Waals surface area contributed by atoms with E-state index in [1.807, 2.05) is 0 Å². The van der Waals surface area contributed by atoms with E-state index in [0.29, 0.717) is 12.6 Å². The second kappa shape index (κ2) is 6.87. The Hall–Kier alpha value is -1.13. The SMILES string of the molecule is CCCc1cc(CN)cc(N2CCC(OC)CC2)n1. The molecule has 1 aromatic rings. The average Bonchev–Trinajstić information content (AvgIpc) is 2.47. The number of pyridine rings is 1. The molecule has 0 aliphatic carbocycles. The smallest absolute Gasteiger partial charge is 0.129 e. The maximum absolute atomic E-state index is 5.79. The number of anilines is 1. The van der Waals surface area contributed by atoms with E-state index in [1.165, 1.54) is 5.56 Å². The molecule has 2 heterocycles. The van der Waals surface area contributed by atoms with Crippen molar-refractivity contribution in [3.05, 3.63) is 23.4 Å². The number of nitrogens with two attached hydrogens (primary N) is 1. The van der Waals surface area contributed by atoms with E-state index in [2.05, 4.69) is 24.0 Å². The lowest BCUT2D eigenvalue weighted by molar-refractivity contribution is 0.0818. The third-order valence-electron chi connectivity index (χ3n) is 3.77. The lowest BCUT2D eigenvalue weighted by Gasteiger charge is -2.32. The number of aromatic nitrogens is 1. The third-order valence-corrected chi connectivity index (χ3v) is 3.77. The molecule has 0 aromatic carbocycles. The molecule has 0 bridgehead atoms. The first-order valence-corrected chi connectivity index (χ1v) is 7.24. The summed E-state index contributed by atoms with van der Waals surface area (Å²) in [6, 6.07) is 4.27. The van der Waals surface area contributed by atoms with Crippen molar-refractivity contribution in [2.75, 3.05) is 25.1 Å². The van der Waals surface area contributed by atoms with E-state index >= 15 is 0 Å². The van der Waals surface area contributed by atoms with Crippen LogP contribution in [0.4, 0.5) is 5.82 Å². The van der Waals surface area contributed by atoms with Gasteiger partial charge in [-0.05, 0) is 37.0 Å². The minimum Gasteiger partial charge on any atom is -0.381 e. The predicted molar refractivity (Wildman–Crippen MR) is 78.4 cm³/mol. The largest absolute Gasteiger partial charge is 0.381 e. The van der Waals surface area contributed by atoms with Gasteiger partial charge in [-0.1, -0.05) is 13.3 Å². The van der Waals surface area contributed by atoms with Crippen molar-refractivity contribution in [1.82, 2.24) is 4.98 Å². The quantitative estimate of drug-likeness (QED) is 0.884. The van der Waals surface area contributed by atoms with Crippen LogP contribution < -0.4 is 10.6 Å². The summed E-state index contributed by atoms with van der Waals surface area (Å²) in [6.45, 7) is 4.80. The molecule has 4 nitrogen and oxygen atoms in total. The highest BCUT2D eigenvalue weighted by Gasteiger charge is 2.20. The van der Waals surface area contributed by atoms with Crippen LogP contribution in [-0.4, -0.2) is 31.3 Å². The van der Waals surface area contributed by atoms with E-state index in [0.717, 1.165) is 50.3 Å². The molecule has 2 N–H and O–H groups in total. The molecule has 0 unspecified atom stereocenters. The van der Waals surface area contributed by atoms with Crippen molar-refractivity contribution in [3.8, 4) is 0 Å².